The molecular formula is C11H10Cl2N2O3S. The molecule has 0 fully saturated rings. The van der Waals surface area contributed by atoms with E-state index >= 15 is 0 Å². The minimum Gasteiger partial charge on any atom is -0.390 e. The van der Waals surface area contributed by atoms with Gasteiger partial charge in [-0.2, -0.15) is 0 Å². The SMILES string of the molecule is O=S(=O)(Nc1ccc(Cl)cc1Cl)c1c[nH]c(CO)c1. The highest BCUT2D eigenvalue weighted by molar-refractivity contribution is 7.92. The molecule has 0 saturated heterocycles. The van der Waals surface area contributed by atoms with Gasteiger partial charge in [0.15, 0.2) is 0 Å². The van der Waals surface area contributed by atoms with Crippen LogP contribution >= 0.6 is 23.2 Å². The van der Waals surface area contributed by atoms with E-state index in [-0.39, 0.29) is 22.2 Å². The lowest BCUT2D eigenvalue weighted by molar-refractivity contribution is 0.277. The van der Waals surface area contributed by atoms with Gasteiger partial charge >= 0.3 is 0 Å². The number of nitrogens with one attached hydrogen (secondary N) is 2. The van der Waals surface area contributed by atoms with E-state index in [0.717, 1.165) is 0 Å². The lowest BCUT2D eigenvalue weighted by Gasteiger charge is -2.08. The number of anilines is 1. The molecule has 1 aromatic heterocycles. The molecule has 0 radical (unpaired) electrons. The van der Waals surface area contributed by atoms with Gasteiger partial charge in [0.1, 0.15) is 4.90 Å². The monoisotopic (exact) mass is 320 g/mol. The van der Waals surface area contributed by atoms with E-state index in [1.165, 1.54) is 30.5 Å². The molecule has 0 aliphatic carbocycles. The molecule has 5 nitrogen and oxygen atoms in total. The Morgan fingerprint density at radius 2 is 2.00 bits per heavy atom. The van der Waals surface area contributed by atoms with Crippen LogP contribution < -0.4 is 4.72 Å². The smallest absolute Gasteiger partial charge is 0.263 e. The number of aromatic amines is 1. The molecule has 102 valence electrons. The summed E-state index contributed by atoms with van der Waals surface area (Å²) in [5.41, 5.74) is 0.639. The fourth-order valence-corrected chi connectivity index (χ4v) is 3.05. The topological polar surface area (TPSA) is 82.2 Å². The second-order valence-electron chi connectivity index (χ2n) is 3.75. The normalized spacial score (nSPS) is 11.5. The van der Waals surface area contributed by atoms with Crippen LogP contribution in [0.5, 0.6) is 0 Å². The largest absolute Gasteiger partial charge is 0.390 e. The van der Waals surface area contributed by atoms with Crippen molar-refractivity contribution in [2.75, 3.05) is 4.72 Å². The summed E-state index contributed by atoms with van der Waals surface area (Å²) in [6.45, 7) is -0.267. The maximum Gasteiger partial charge on any atom is 0.263 e. The standard InChI is InChI=1S/C11H10Cl2N2O3S/c12-7-1-2-11(10(13)3-7)15-19(17,18)9-4-8(6-16)14-5-9/h1-5,14-16H,6H2. The van der Waals surface area contributed by atoms with E-state index in [2.05, 4.69) is 9.71 Å². The highest BCUT2D eigenvalue weighted by Gasteiger charge is 2.17. The molecule has 19 heavy (non-hydrogen) atoms. The molecule has 0 spiro atoms. The first-order valence-corrected chi connectivity index (χ1v) is 7.42. The number of rotatable bonds is 4. The first-order chi connectivity index (χ1) is 8.92. The molecular weight excluding hydrogens is 311 g/mol. The van der Waals surface area contributed by atoms with Gasteiger partial charge in [-0.15, -0.1) is 0 Å². The number of sulfonamides is 1. The average Bonchev–Trinajstić information content (AvgIpc) is 2.82. The van der Waals surface area contributed by atoms with Gasteiger partial charge in [0.2, 0.25) is 0 Å². The van der Waals surface area contributed by atoms with Gasteiger partial charge in [-0.3, -0.25) is 4.72 Å². The Labute approximate surface area is 120 Å². The molecule has 0 atom stereocenters. The Balaban J connectivity index is 2.30. The van der Waals surface area contributed by atoms with E-state index in [1.807, 2.05) is 0 Å². The third-order valence-electron chi connectivity index (χ3n) is 2.37. The molecule has 0 amide bonds. The van der Waals surface area contributed by atoms with Crippen molar-refractivity contribution in [3.63, 3.8) is 0 Å². The first-order valence-electron chi connectivity index (χ1n) is 5.18. The molecule has 0 aliphatic heterocycles. The van der Waals surface area contributed by atoms with E-state index in [1.54, 1.807) is 0 Å². The summed E-state index contributed by atoms with van der Waals surface area (Å²) < 4.78 is 26.5. The molecule has 1 aromatic carbocycles. The highest BCUT2D eigenvalue weighted by atomic mass is 35.5. The Kier molecular flexibility index (Phi) is 4.05. The summed E-state index contributed by atoms with van der Waals surface area (Å²) in [6, 6.07) is 5.78. The maximum absolute atomic E-state index is 12.1. The van der Waals surface area contributed by atoms with Gasteiger partial charge in [-0.05, 0) is 24.3 Å². The molecule has 3 N–H and O–H groups in total. The predicted molar refractivity (Wildman–Crippen MR) is 74.0 cm³/mol. The lowest BCUT2D eigenvalue weighted by Crippen LogP contribution is -2.12. The quantitative estimate of drug-likeness (QED) is 0.809. The van der Waals surface area contributed by atoms with Crippen LogP contribution in [0.2, 0.25) is 10.0 Å². The number of hydrogen-bond donors (Lipinski definition) is 3. The molecule has 2 aromatic rings. The van der Waals surface area contributed by atoms with Crippen molar-refractivity contribution in [3.05, 3.63) is 46.2 Å². The summed E-state index contributed by atoms with van der Waals surface area (Å²) in [7, 11) is -3.76. The Hall–Kier alpha value is -1.21. The summed E-state index contributed by atoms with van der Waals surface area (Å²) in [6.07, 6.45) is 1.29. The number of aliphatic hydroxyl groups is 1. The van der Waals surface area contributed by atoms with Crippen LogP contribution in [0, 0.1) is 0 Å². The van der Waals surface area contributed by atoms with E-state index in [9.17, 15) is 8.42 Å². The molecule has 1 heterocycles. The van der Waals surface area contributed by atoms with Crippen LogP contribution in [-0.2, 0) is 16.6 Å². The first kappa shape index (κ1) is 14.2. The molecule has 0 saturated carbocycles. The van der Waals surface area contributed by atoms with Crippen LogP contribution in [0.25, 0.3) is 0 Å². The molecule has 8 heteroatoms. The van der Waals surface area contributed by atoms with Crippen LogP contribution in [0.1, 0.15) is 5.69 Å². The third-order valence-corrected chi connectivity index (χ3v) is 4.27. The van der Waals surface area contributed by atoms with E-state index in [4.69, 9.17) is 28.3 Å². The fourth-order valence-electron chi connectivity index (χ4n) is 1.44. The summed E-state index contributed by atoms with van der Waals surface area (Å²) in [5, 5.41) is 9.52. The van der Waals surface area contributed by atoms with Gasteiger partial charge in [0.05, 0.1) is 17.3 Å². The zero-order valence-corrected chi connectivity index (χ0v) is 11.9. The molecule has 0 aliphatic rings. The Morgan fingerprint density at radius 3 is 2.58 bits per heavy atom. The summed E-state index contributed by atoms with van der Waals surface area (Å²) >= 11 is 11.6. The fraction of sp³-hybridized carbons (Fsp3) is 0.0909. The molecule has 0 unspecified atom stereocenters. The van der Waals surface area contributed by atoms with Crippen LogP contribution in [-0.4, -0.2) is 18.5 Å². The lowest BCUT2D eigenvalue weighted by atomic mass is 10.3. The predicted octanol–water partition coefficient (Wildman–Crippen LogP) is 2.61. The van der Waals surface area contributed by atoms with Gasteiger partial charge in [0.25, 0.3) is 10.0 Å². The highest BCUT2D eigenvalue weighted by Crippen LogP contribution is 2.27. The average molecular weight is 321 g/mol. The molecule has 0 bridgehead atoms. The van der Waals surface area contributed by atoms with Crippen molar-refractivity contribution in [1.29, 1.82) is 0 Å². The van der Waals surface area contributed by atoms with Gasteiger partial charge in [-0.1, -0.05) is 23.2 Å². The molecule has 2 rings (SSSR count). The van der Waals surface area contributed by atoms with Crippen molar-refractivity contribution in [3.8, 4) is 0 Å². The summed E-state index contributed by atoms with van der Waals surface area (Å²) in [4.78, 5) is 2.66. The second kappa shape index (κ2) is 5.42. The minimum atomic E-state index is -3.76. The Bertz CT molecular complexity index is 698. The van der Waals surface area contributed by atoms with Crippen LogP contribution in [0.4, 0.5) is 5.69 Å². The Morgan fingerprint density at radius 1 is 1.26 bits per heavy atom. The van der Waals surface area contributed by atoms with Crippen LogP contribution in [0.15, 0.2) is 35.4 Å². The second-order valence-corrected chi connectivity index (χ2v) is 6.27. The number of hydrogen-bond acceptors (Lipinski definition) is 3. The number of aliphatic hydroxyl groups excluding tert-OH is 1. The summed E-state index contributed by atoms with van der Waals surface area (Å²) in [5.74, 6) is 0. The van der Waals surface area contributed by atoms with Crippen molar-refractivity contribution in [2.45, 2.75) is 11.5 Å². The zero-order chi connectivity index (χ0) is 14.0. The number of halogens is 2. The minimum absolute atomic E-state index is 0.0163. The van der Waals surface area contributed by atoms with Crippen molar-refractivity contribution >= 4 is 38.9 Å². The number of H-pyrrole nitrogens is 1. The third kappa shape index (κ3) is 3.22. The van der Waals surface area contributed by atoms with Crippen molar-refractivity contribution < 1.29 is 13.5 Å². The van der Waals surface area contributed by atoms with Crippen molar-refractivity contribution in [1.82, 2.24) is 4.98 Å². The van der Waals surface area contributed by atoms with Crippen molar-refractivity contribution in [2.24, 2.45) is 0 Å². The van der Waals surface area contributed by atoms with E-state index < -0.39 is 10.0 Å². The van der Waals surface area contributed by atoms with Gasteiger partial charge < -0.3 is 10.1 Å². The van der Waals surface area contributed by atoms with Gasteiger partial charge in [0, 0.05) is 16.9 Å². The van der Waals surface area contributed by atoms with Crippen LogP contribution in [0.3, 0.4) is 0 Å². The van der Waals surface area contributed by atoms with E-state index in [0.29, 0.717) is 10.7 Å². The number of benzene rings is 1. The maximum atomic E-state index is 12.1. The zero-order valence-electron chi connectivity index (χ0n) is 9.52. The number of aromatic nitrogens is 1. The van der Waals surface area contributed by atoms with Gasteiger partial charge in [-0.25, -0.2) is 8.42 Å².